The maximum absolute atomic E-state index is 12.8. The van der Waals surface area contributed by atoms with Gasteiger partial charge in [0.25, 0.3) is 7.44 Å². The Morgan fingerprint density at radius 2 is 1.86 bits per heavy atom. The molecular formula is C15H15BrN3O2P. The number of hydrogen-bond donors (Lipinski definition) is 2. The SMILES string of the molecule is [C-]#[N+]c1ccc(NP(C)(=O)Nc2ccccc2Br)c(OC)c1. The Hall–Kier alpha value is -1.96. The van der Waals surface area contributed by atoms with Crippen LogP contribution in [0.15, 0.2) is 46.9 Å². The first kappa shape index (κ1) is 16.4. The van der Waals surface area contributed by atoms with E-state index in [0.717, 1.165) is 10.2 Å². The summed E-state index contributed by atoms with van der Waals surface area (Å²) in [6, 6.07) is 12.4. The second-order valence-corrected chi connectivity index (χ2v) is 7.77. The van der Waals surface area contributed by atoms with E-state index in [0.29, 0.717) is 17.1 Å². The van der Waals surface area contributed by atoms with E-state index in [1.807, 2.05) is 24.3 Å². The van der Waals surface area contributed by atoms with Gasteiger partial charge in [0.2, 0.25) is 0 Å². The molecule has 22 heavy (non-hydrogen) atoms. The zero-order valence-electron chi connectivity index (χ0n) is 12.1. The van der Waals surface area contributed by atoms with Crippen LogP contribution in [0.5, 0.6) is 5.75 Å². The standard InChI is InChI=1S/C15H15BrN3O2P/c1-17-11-8-9-14(15(10-11)21-2)19-22(3,20)18-13-7-5-4-6-12(13)16/h4-10H,2-3H3,(H2,18,19,20). The molecule has 0 aliphatic rings. The van der Waals surface area contributed by atoms with Crippen LogP contribution in [0, 0.1) is 6.57 Å². The largest absolute Gasteiger partial charge is 0.496 e. The average molecular weight is 380 g/mol. The molecule has 1 atom stereocenters. The molecule has 0 amide bonds. The van der Waals surface area contributed by atoms with Crippen molar-refractivity contribution in [2.75, 3.05) is 23.9 Å². The summed E-state index contributed by atoms with van der Waals surface area (Å²) in [6.45, 7) is 8.61. The molecular weight excluding hydrogens is 365 g/mol. The zero-order valence-corrected chi connectivity index (χ0v) is 14.6. The van der Waals surface area contributed by atoms with Gasteiger partial charge in [0.1, 0.15) is 5.75 Å². The summed E-state index contributed by atoms with van der Waals surface area (Å²) >= 11 is 3.41. The summed E-state index contributed by atoms with van der Waals surface area (Å²) in [5, 5.41) is 5.96. The van der Waals surface area contributed by atoms with Crippen LogP contribution in [0.1, 0.15) is 0 Å². The number of para-hydroxylation sites is 1. The van der Waals surface area contributed by atoms with E-state index < -0.39 is 7.44 Å². The third-order valence-corrected chi connectivity index (χ3v) is 4.88. The Labute approximate surface area is 138 Å². The molecule has 2 aromatic rings. The van der Waals surface area contributed by atoms with Gasteiger partial charge < -0.3 is 14.9 Å². The summed E-state index contributed by atoms with van der Waals surface area (Å²) in [4.78, 5) is 3.35. The third kappa shape index (κ3) is 4.03. The van der Waals surface area contributed by atoms with Crippen LogP contribution in [-0.4, -0.2) is 13.8 Å². The normalized spacial score (nSPS) is 12.8. The highest BCUT2D eigenvalue weighted by Crippen LogP contribution is 2.45. The topological polar surface area (TPSA) is 54.7 Å². The lowest BCUT2D eigenvalue weighted by atomic mass is 10.2. The van der Waals surface area contributed by atoms with Gasteiger partial charge in [-0.05, 0) is 40.2 Å². The second-order valence-electron chi connectivity index (χ2n) is 4.62. The highest BCUT2D eigenvalue weighted by Gasteiger charge is 2.18. The van der Waals surface area contributed by atoms with E-state index in [2.05, 4.69) is 30.9 Å². The lowest BCUT2D eigenvalue weighted by Gasteiger charge is -2.21. The van der Waals surface area contributed by atoms with Crippen molar-refractivity contribution in [2.24, 2.45) is 0 Å². The van der Waals surface area contributed by atoms with Crippen molar-refractivity contribution in [1.29, 1.82) is 0 Å². The van der Waals surface area contributed by atoms with Crippen LogP contribution in [0.25, 0.3) is 4.85 Å². The molecule has 0 radical (unpaired) electrons. The van der Waals surface area contributed by atoms with E-state index in [9.17, 15) is 4.57 Å². The summed E-state index contributed by atoms with van der Waals surface area (Å²) in [7, 11) is -1.40. The van der Waals surface area contributed by atoms with Crippen molar-refractivity contribution < 1.29 is 9.30 Å². The lowest BCUT2D eigenvalue weighted by molar-refractivity contribution is 0.417. The maximum Gasteiger partial charge on any atom is 0.255 e. The molecule has 0 bridgehead atoms. The Balaban J connectivity index is 2.24. The average Bonchev–Trinajstić information content (AvgIpc) is 2.49. The molecule has 5 nitrogen and oxygen atoms in total. The number of benzene rings is 2. The Morgan fingerprint density at radius 3 is 2.50 bits per heavy atom. The molecule has 0 aliphatic heterocycles. The van der Waals surface area contributed by atoms with Crippen molar-refractivity contribution >= 4 is 40.4 Å². The minimum Gasteiger partial charge on any atom is -0.496 e. The summed E-state index contributed by atoms with van der Waals surface area (Å²) in [5.74, 6) is 0.476. The van der Waals surface area contributed by atoms with Gasteiger partial charge in [-0.2, -0.15) is 0 Å². The van der Waals surface area contributed by atoms with Gasteiger partial charge in [-0.1, -0.05) is 18.2 Å². The molecule has 0 aromatic heterocycles. The first-order valence-corrected chi connectivity index (χ1v) is 9.34. The van der Waals surface area contributed by atoms with Crippen LogP contribution >= 0.6 is 23.4 Å². The maximum atomic E-state index is 12.8. The molecule has 2 aromatic carbocycles. The van der Waals surface area contributed by atoms with Gasteiger partial charge in [-0.25, -0.2) is 4.85 Å². The fourth-order valence-electron chi connectivity index (χ4n) is 1.88. The minimum atomic E-state index is -2.91. The number of anilines is 2. The Kier molecular flexibility index (Phi) is 5.12. The molecule has 0 saturated heterocycles. The smallest absolute Gasteiger partial charge is 0.255 e. The molecule has 2 rings (SSSR count). The number of methoxy groups -OCH3 is 1. The highest BCUT2D eigenvalue weighted by atomic mass is 79.9. The highest BCUT2D eigenvalue weighted by molar-refractivity contribution is 9.10. The van der Waals surface area contributed by atoms with E-state index in [4.69, 9.17) is 11.3 Å². The minimum absolute atomic E-state index is 0.465. The third-order valence-electron chi connectivity index (χ3n) is 2.86. The van der Waals surface area contributed by atoms with Crippen LogP contribution in [0.2, 0.25) is 0 Å². The van der Waals surface area contributed by atoms with Crippen LogP contribution in [0.3, 0.4) is 0 Å². The first-order chi connectivity index (χ1) is 10.4. The van der Waals surface area contributed by atoms with E-state index >= 15 is 0 Å². The zero-order chi connectivity index (χ0) is 16.2. The quantitative estimate of drug-likeness (QED) is 0.542. The van der Waals surface area contributed by atoms with Gasteiger partial charge >= 0.3 is 0 Å². The first-order valence-electron chi connectivity index (χ1n) is 6.39. The van der Waals surface area contributed by atoms with Crippen LogP contribution in [-0.2, 0) is 4.57 Å². The van der Waals surface area contributed by atoms with Crippen molar-refractivity contribution in [3.05, 3.63) is 58.4 Å². The second kappa shape index (κ2) is 6.87. The molecule has 1 unspecified atom stereocenters. The monoisotopic (exact) mass is 379 g/mol. The Bertz CT molecular complexity index is 774. The van der Waals surface area contributed by atoms with Crippen molar-refractivity contribution in [3.63, 3.8) is 0 Å². The van der Waals surface area contributed by atoms with E-state index in [-0.39, 0.29) is 0 Å². The van der Waals surface area contributed by atoms with Crippen LogP contribution in [0.4, 0.5) is 17.1 Å². The number of rotatable bonds is 5. The molecule has 2 N–H and O–H groups in total. The predicted molar refractivity (Wildman–Crippen MR) is 94.2 cm³/mol. The van der Waals surface area contributed by atoms with Gasteiger partial charge in [-0.15, -0.1) is 0 Å². The summed E-state index contributed by atoms with van der Waals surface area (Å²) < 4.78 is 18.8. The Morgan fingerprint density at radius 1 is 1.18 bits per heavy atom. The van der Waals surface area contributed by atoms with Gasteiger partial charge in [0, 0.05) is 11.1 Å². The number of hydrogen-bond acceptors (Lipinski definition) is 2. The number of halogens is 1. The van der Waals surface area contributed by atoms with E-state index in [1.54, 1.807) is 24.9 Å². The van der Waals surface area contributed by atoms with E-state index in [1.165, 1.54) is 7.11 Å². The lowest BCUT2D eigenvalue weighted by Crippen LogP contribution is -2.06. The van der Waals surface area contributed by atoms with Gasteiger partial charge in [-0.3, -0.25) is 4.57 Å². The summed E-state index contributed by atoms with van der Waals surface area (Å²) in [6.07, 6.45) is 0. The molecule has 0 fully saturated rings. The van der Waals surface area contributed by atoms with Crippen molar-refractivity contribution in [3.8, 4) is 5.75 Å². The molecule has 0 saturated carbocycles. The fourth-order valence-corrected chi connectivity index (χ4v) is 3.77. The van der Waals surface area contributed by atoms with Gasteiger partial charge in [0.15, 0.2) is 5.69 Å². The predicted octanol–water partition coefficient (Wildman–Crippen LogP) is 5.36. The van der Waals surface area contributed by atoms with Gasteiger partial charge in [0.05, 0.1) is 25.1 Å². The van der Waals surface area contributed by atoms with Crippen molar-refractivity contribution in [2.45, 2.75) is 0 Å². The number of ether oxygens (including phenoxy) is 1. The molecule has 0 spiro atoms. The molecule has 0 aliphatic carbocycles. The number of nitrogens with zero attached hydrogens (tertiary/aromatic N) is 1. The fraction of sp³-hybridized carbons (Fsp3) is 0.133. The molecule has 7 heteroatoms. The van der Waals surface area contributed by atoms with Crippen LogP contribution < -0.4 is 14.9 Å². The number of nitrogens with one attached hydrogen (secondary N) is 2. The van der Waals surface area contributed by atoms with Crippen molar-refractivity contribution in [1.82, 2.24) is 0 Å². The summed E-state index contributed by atoms with van der Waals surface area (Å²) in [5.41, 5.74) is 1.77. The molecule has 114 valence electrons. The molecule has 0 heterocycles.